The number of hydrogen-bond acceptors (Lipinski definition) is 2. The van der Waals surface area contributed by atoms with Crippen molar-refractivity contribution in [1.82, 2.24) is 5.32 Å². The summed E-state index contributed by atoms with van der Waals surface area (Å²) in [6.45, 7) is 4.28. The van der Waals surface area contributed by atoms with E-state index in [1.54, 1.807) is 0 Å². The van der Waals surface area contributed by atoms with E-state index in [4.69, 9.17) is 4.74 Å². The molecule has 0 bridgehead atoms. The molecule has 1 amide bonds. The van der Waals surface area contributed by atoms with Gasteiger partial charge in [-0.3, -0.25) is 4.79 Å². The Morgan fingerprint density at radius 3 is 2.65 bits per heavy atom. The average Bonchev–Trinajstić information content (AvgIpc) is 2.38. The molecule has 0 atom stereocenters. The van der Waals surface area contributed by atoms with Crippen LogP contribution in [0.25, 0.3) is 10.8 Å². The highest BCUT2D eigenvalue weighted by atomic mass is 79.9. The molecule has 0 spiro atoms. The molecular weight excluding hydrogens is 318 g/mol. The molecule has 0 heterocycles. The fourth-order valence-electron chi connectivity index (χ4n) is 1.94. The molecule has 0 unspecified atom stereocenters. The molecule has 20 heavy (non-hydrogen) atoms. The molecule has 4 heteroatoms. The third-order valence-corrected chi connectivity index (χ3v) is 3.31. The smallest absolute Gasteiger partial charge is 0.223 e. The van der Waals surface area contributed by atoms with Crippen molar-refractivity contribution in [2.75, 3.05) is 6.61 Å². The normalized spacial score (nSPS) is 10.8. The van der Waals surface area contributed by atoms with Gasteiger partial charge in [-0.05, 0) is 48.9 Å². The van der Waals surface area contributed by atoms with Crippen LogP contribution in [-0.4, -0.2) is 18.6 Å². The van der Waals surface area contributed by atoms with E-state index in [1.807, 2.05) is 44.2 Å². The Kier molecular flexibility index (Phi) is 5.01. The van der Waals surface area contributed by atoms with Gasteiger partial charge in [0.2, 0.25) is 5.91 Å². The Morgan fingerprint density at radius 1 is 1.20 bits per heavy atom. The monoisotopic (exact) mass is 335 g/mol. The Labute approximate surface area is 127 Å². The van der Waals surface area contributed by atoms with Crippen molar-refractivity contribution in [2.45, 2.75) is 26.3 Å². The SMILES string of the molecule is CC(C)NC(=O)CCOc1ccc2cc(Br)ccc2c1. The number of hydrogen-bond donors (Lipinski definition) is 1. The van der Waals surface area contributed by atoms with Crippen LogP contribution >= 0.6 is 15.9 Å². The van der Waals surface area contributed by atoms with E-state index in [0.29, 0.717) is 13.0 Å². The number of carbonyl (C=O) groups excluding carboxylic acids is 1. The van der Waals surface area contributed by atoms with Gasteiger partial charge in [0, 0.05) is 10.5 Å². The summed E-state index contributed by atoms with van der Waals surface area (Å²) in [5, 5.41) is 5.12. The molecular formula is C16H18BrNO2. The molecule has 0 saturated carbocycles. The van der Waals surface area contributed by atoms with Crippen LogP contribution in [0.4, 0.5) is 0 Å². The van der Waals surface area contributed by atoms with Gasteiger partial charge < -0.3 is 10.1 Å². The number of rotatable bonds is 5. The Morgan fingerprint density at radius 2 is 1.90 bits per heavy atom. The zero-order chi connectivity index (χ0) is 14.5. The second-order valence-corrected chi connectivity index (χ2v) is 5.89. The number of nitrogens with one attached hydrogen (secondary N) is 1. The van der Waals surface area contributed by atoms with Crippen molar-refractivity contribution < 1.29 is 9.53 Å². The van der Waals surface area contributed by atoms with Crippen LogP contribution in [-0.2, 0) is 4.79 Å². The van der Waals surface area contributed by atoms with Gasteiger partial charge in [-0.25, -0.2) is 0 Å². The average molecular weight is 336 g/mol. The lowest BCUT2D eigenvalue weighted by atomic mass is 10.1. The predicted molar refractivity (Wildman–Crippen MR) is 85.0 cm³/mol. The van der Waals surface area contributed by atoms with E-state index in [9.17, 15) is 4.79 Å². The van der Waals surface area contributed by atoms with E-state index in [0.717, 1.165) is 21.0 Å². The molecule has 0 aliphatic heterocycles. The van der Waals surface area contributed by atoms with Gasteiger partial charge in [-0.1, -0.05) is 28.1 Å². The summed E-state index contributed by atoms with van der Waals surface area (Å²) in [6, 6.07) is 12.2. The van der Waals surface area contributed by atoms with Gasteiger partial charge in [0.1, 0.15) is 5.75 Å². The van der Waals surface area contributed by atoms with Gasteiger partial charge in [0.05, 0.1) is 13.0 Å². The van der Waals surface area contributed by atoms with E-state index < -0.39 is 0 Å². The number of halogens is 1. The van der Waals surface area contributed by atoms with Crippen LogP contribution in [0.15, 0.2) is 40.9 Å². The maximum absolute atomic E-state index is 11.5. The fraction of sp³-hybridized carbons (Fsp3) is 0.312. The molecule has 0 aromatic heterocycles. The summed E-state index contributed by atoms with van der Waals surface area (Å²) in [6.07, 6.45) is 0.372. The minimum absolute atomic E-state index is 0.0183. The molecule has 0 aliphatic carbocycles. The predicted octanol–water partition coefficient (Wildman–Crippen LogP) is 3.90. The summed E-state index contributed by atoms with van der Waals surface area (Å²) in [5.74, 6) is 0.807. The number of amides is 1. The lowest BCUT2D eigenvalue weighted by Gasteiger charge is -2.10. The molecule has 106 valence electrons. The second-order valence-electron chi connectivity index (χ2n) is 4.97. The molecule has 0 radical (unpaired) electrons. The highest BCUT2D eigenvalue weighted by molar-refractivity contribution is 9.10. The van der Waals surface area contributed by atoms with Crippen molar-refractivity contribution in [3.8, 4) is 5.75 Å². The third-order valence-electron chi connectivity index (χ3n) is 2.82. The van der Waals surface area contributed by atoms with Crippen LogP contribution < -0.4 is 10.1 Å². The molecule has 0 aliphatic rings. The molecule has 1 N–H and O–H groups in total. The van der Waals surface area contributed by atoms with Crippen LogP contribution in [0.3, 0.4) is 0 Å². The number of ether oxygens (including phenoxy) is 1. The van der Waals surface area contributed by atoms with Crippen molar-refractivity contribution >= 4 is 32.6 Å². The van der Waals surface area contributed by atoms with Crippen molar-refractivity contribution in [1.29, 1.82) is 0 Å². The van der Waals surface area contributed by atoms with E-state index in [2.05, 4.69) is 27.3 Å². The first-order valence-electron chi connectivity index (χ1n) is 6.66. The number of fused-ring (bicyclic) bond motifs is 1. The summed E-state index contributed by atoms with van der Waals surface area (Å²) in [7, 11) is 0. The summed E-state index contributed by atoms with van der Waals surface area (Å²) < 4.78 is 6.68. The zero-order valence-corrected chi connectivity index (χ0v) is 13.2. The van der Waals surface area contributed by atoms with Crippen molar-refractivity contribution in [3.63, 3.8) is 0 Å². The number of carbonyl (C=O) groups is 1. The summed E-state index contributed by atoms with van der Waals surface area (Å²) in [5.41, 5.74) is 0. The van der Waals surface area contributed by atoms with E-state index >= 15 is 0 Å². The molecule has 0 saturated heterocycles. The zero-order valence-electron chi connectivity index (χ0n) is 11.7. The van der Waals surface area contributed by atoms with Crippen molar-refractivity contribution in [3.05, 3.63) is 40.9 Å². The van der Waals surface area contributed by atoms with Gasteiger partial charge in [-0.2, -0.15) is 0 Å². The Hall–Kier alpha value is -1.55. The largest absolute Gasteiger partial charge is 0.493 e. The fourth-order valence-corrected chi connectivity index (χ4v) is 2.32. The summed E-state index contributed by atoms with van der Waals surface area (Å²) >= 11 is 3.45. The van der Waals surface area contributed by atoms with Crippen LogP contribution in [0, 0.1) is 0 Å². The van der Waals surface area contributed by atoms with Gasteiger partial charge in [0.15, 0.2) is 0 Å². The minimum atomic E-state index is 0.0183. The van der Waals surface area contributed by atoms with Gasteiger partial charge in [0.25, 0.3) is 0 Å². The van der Waals surface area contributed by atoms with E-state index in [-0.39, 0.29) is 11.9 Å². The summed E-state index contributed by atoms with van der Waals surface area (Å²) in [4.78, 5) is 11.5. The topological polar surface area (TPSA) is 38.3 Å². The molecule has 2 aromatic carbocycles. The van der Waals surface area contributed by atoms with Gasteiger partial charge >= 0.3 is 0 Å². The Bertz CT molecular complexity index is 610. The lowest BCUT2D eigenvalue weighted by molar-refractivity contribution is -0.122. The van der Waals surface area contributed by atoms with Crippen LogP contribution in [0.5, 0.6) is 5.75 Å². The number of benzene rings is 2. The minimum Gasteiger partial charge on any atom is -0.493 e. The van der Waals surface area contributed by atoms with Crippen molar-refractivity contribution in [2.24, 2.45) is 0 Å². The van der Waals surface area contributed by atoms with Crippen LogP contribution in [0.1, 0.15) is 20.3 Å². The highest BCUT2D eigenvalue weighted by Crippen LogP contribution is 2.24. The van der Waals surface area contributed by atoms with E-state index in [1.165, 1.54) is 0 Å². The lowest BCUT2D eigenvalue weighted by Crippen LogP contribution is -2.31. The van der Waals surface area contributed by atoms with Crippen LogP contribution in [0.2, 0.25) is 0 Å². The quantitative estimate of drug-likeness (QED) is 0.899. The third kappa shape index (κ3) is 4.23. The first-order chi connectivity index (χ1) is 9.54. The second kappa shape index (κ2) is 6.75. The first kappa shape index (κ1) is 14.9. The first-order valence-corrected chi connectivity index (χ1v) is 7.45. The standard InChI is InChI=1S/C16H18BrNO2/c1-11(2)18-16(19)7-8-20-15-6-4-12-9-14(17)5-3-13(12)10-15/h3-6,9-11H,7-8H2,1-2H3,(H,18,19). The Balaban J connectivity index is 1.93. The molecule has 2 aromatic rings. The maximum atomic E-state index is 11.5. The maximum Gasteiger partial charge on any atom is 0.223 e. The molecule has 3 nitrogen and oxygen atoms in total. The van der Waals surface area contributed by atoms with Gasteiger partial charge in [-0.15, -0.1) is 0 Å². The highest BCUT2D eigenvalue weighted by Gasteiger charge is 2.04. The molecule has 2 rings (SSSR count). The molecule has 0 fully saturated rings.